The minimum atomic E-state index is -5.43. The molecule has 6 nitrogen and oxygen atoms in total. The molecule has 2 aliphatic heterocycles. The fourth-order valence-corrected chi connectivity index (χ4v) is 16.3. The van der Waals surface area contributed by atoms with Gasteiger partial charge in [-0.1, -0.05) is 0 Å². The van der Waals surface area contributed by atoms with Gasteiger partial charge in [0.05, 0.1) is 0 Å². The van der Waals surface area contributed by atoms with Gasteiger partial charge in [0.15, 0.2) is 0 Å². The normalized spacial score (nSPS) is 17.0. The van der Waals surface area contributed by atoms with Crippen molar-refractivity contribution in [1.29, 1.82) is 0 Å². The molecule has 49 heavy (non-hydrogen) atoms. The van der Waals surface area contributed by atoms with Gasteiger partial charge in [0.1, 0.15) is 0 Å². The summed E-state index contributed by atoms with van der Waals surface area (Å²) >= 11 is -5.43. The molecule has 0 fully saturated rings. The Labute approximate surface area is 280 Å². The number of imide groups is 2. The first-order chi connectivity index (χ1) is 23.7. The Kier molecular flexibility index (Phi) is 7.13. The second kappa shape index (κ2) is 11.3. The third-order valence-corrected chi connectivity index (χ3v) is 18.1. The van der Waals surface area contributed by atoms with E-state index in [0.29, 0.717) is 9.80 Å². The summed E-state index contributed by atoms with van der Waals surface area (Å²) in [5.41, 5.74) is -1.02. The Hall–Kier alpha value is -5.45. The summed E-state index contributed by atoms with van der Waals surface area (Å²) in [5, 5.41) is 0. The summed E-state index contributed by atoms with van der Waals surface area (Å²) in [5.74, 6) is -8.18. The number of rotatable bonds is 6. The Balaban J connectivity index is 1.41. The summed E-state index contributed by atoms with van der Waals surface area (Å²) < 4.78 is 64.9. The van der Waals surface area contributed by atoms with Gasteiger partial charge in [0, 0.05) is 0 Å². The van der Waals surface area contributed by atoms with E-state index >= 15 is 17.6 Å². The Morgan fingerprint density at radius 3 is 1.06 bits per heavy atom. The fraction of sp³-hybridized carbons (Fsp3) is 0.0526. The molecular weight excluding hydrogens is 672 g/mol. The summed E-state index contributed by atoms with van der Waals surface area (Å²) in [7, 11) is 0. The molecule has 8 rings (SSSR count). The number of nitrogens with zero attached hydrogens (tertiary/aromatic N) is 2. The number of hydrogen-bond donors (Lipinski definition) is 0. The number of halogens is 4. The van der Waals surface area contributed by atoms with E-state index in [1.807, 2.05) is 0 Å². The van der Waals surface area contributed by atoms with Crippen molar-refractivity contribution in [1.82, 2.24) is 0 Å². The first-order valence-corrected chi connectivity index (χ1v) is 18.7. The van der Waals surface area contributed by atoms with Crippen molar-refractivity contribution in [3.63, 3.8) is 0 Å². The summed E-state index contributed by atoms with van der Waals surface area (Å²) in [4.78, 5) is 55.1. The molecule has 4 aromatic rings. The van der Waals surface area contributed by atoms with Crippen LogP contribution in [0.1, 0.15) is 41.4 Å². The van der Waals surface area contributed by atoms with E-state index in [9.17, 15) is 19.2 Å². The van der Waals surface area contributed by atoms with Gasteiger partial charge in [-0.3, -0.25) is 0 Å². The van der Waals surface area contributed by atoms with Gasteiger partial charge >= 0.3 is 281 Å². The monoisotopic (exact) mass is 694 g/mol. The first-order valence-electron chi connectivity index (χ1n) is 15.3. The molecule has 2 aliphatic carbocycles. The second-order valence-corrected chi connectivity index (χ2v) is 18.3. The van der Waals surface area contributed by atoms with E-state index in [1.165, 1.54) is 24.3 Å². The Morgan fingerprint density at radius 1 is 0.449 bits per heavy atom. The molecule has 0 spiro atoms. The van der Waals surface area contributed by atoms with Crippen molar-refractivity contribution in [2.24, 2.45) is 0 Å². The standard InChI is InChI=1S/2C14H6F2NO2.2C5H5.Ti/c2*15-8-5-6-12(11(16)7-8)17-13(18)9-3-1-2-4-10(9)14(17)19;2*1-2-4-5-3-1;/h2*1-6H;2*1-5H;. The van der Waals surface area contributed by atoms with E-state index in [4.69, 9.17) is 0 Å². The van der Waals surface area contributed by atoms with Crippen molar-refractivity contribution in [2.75, 3.05) is 9.80 Å². The van der Waals surface area contributed by atoms with E-state index < -0.39 is 91.0 Å². The van der Waals surface area contributed by atoms with Crippen LogP contribution in [0.15, 0.2) is 121 Å². The van der Waals surface area contributed by atoms with Crippen LogP contribution in [0.3, 0.4) is 0 Å². The average molecular weight is 694 g/mol. The van der Waals surface area contributed by atoms with Gasteiger partial charge in [-0.15, -0.1) is 0 Å². The number of amides is 4. The maximum absolute atomic E-state index is 17.4. The van der Waals surface area contributed by atoms with Crippen molar-refractivity contribution in [3.8, 4) is 0 Å². The van der Waals surface area contributed by atoms with Gasteiger partial charge in [0.2, 0.25) is 0 Å². The molecule has 0 saturated heterocycles. The number of carbonyl (C=O) groups is 4. The third-order valence-electron chi connectivity index (χ3n) is 9.59. The van der Waals surface area contributed by atoms with E-state index in [-0.39, 0.29) is 22.3 Å². The first kappa shape index (κ1) is 30.9. The molecule has 4 aromatic carbocycles. The predicted octanol–water partition coefficient (Wildman–Crippen LogP) is 6.78. The minimum absolute atomic E-state index is 0.0274. The van der Waals surface area contributed by atoms with Crippen molar-refractivity contribution in [3.05, 3.63) is 167 Å². The van der Waals surface area contributed by atoms with Crippen LogP contribution >= 0.6 is 0 Å². The van der Waals surface area contributed by atoms with E-state index in [0.717, 1.165) is 24.3 Å². The van der Waals surface area contributed by atoms with Crippen molar-refractivity contribution in [2.45, 2.75) is 8.45 Å². The fourth-order valence-electron chi connectivity index (χ4n) is 7.49. The van der Waals surface area contributed by atoms with Gasteiger partial charge in [-0.2, -0.15) is 0 Å². The maximum atomic E-state index is 17.4. The number of hydrogen-bond acceptors (Lipinski definition) is 4. The number of carbonyl (C=O) groups excluding carboxylic acids is 4. The molecule has 0 bridgehead atoms. The molecule has 0 radical (unpaired) electrons. The second-order valence-electron chi connectivity index (χ2n) is 12.0. The molecule has 0 saturated carbocycles. The number of fused-ring (bicyclic) bond motifs is 2. The van der Waals surface area contributed by atoms with E-state index in [2.05, 4.69) is 0 Å². The van der Waals surface area contributed by atoms with Crippen LogP contribution in [0, 0.1) is 23.3 Å². The van der Waals surface area contributed by atoms with Crippen LogP contribution in [0.25, 0.3) is 0 Å². The molecule has 4 aliphatic rings. The third kappa shape index (κ3) is 4.23. The van der Waals surface area contributed by atoms with Gasteiger partial charge in [-0.25, -0.2) is 0 Å². The number of benzene rings is 4. The molecule has 2 heterocycles. The zero-order valence-corrected chi connectivity index (χ0v) is 26.8. The SMILES string of the molecule is O=C1c2ccccc2C(=O)N1c1ccc(F)[c]([Ti]([c]2c(F)ccc(N3C(=O)c4ccccc4C3=O)c2F)([CH]2C=CC=C2)[CH]2C=CC=C2)c1F. The molecule has 4 amide bonds. The van der Waals surface area contributed by atoms with Crippen molar-refractivity contribution < 1.29 is 53.3 Å². The number of allylic oxidation sites excluding steroid dienone is 8. The van der Waals surface area contributed by atoms with Gasteiger partial charge in [0.25, 0.3) is 0 Å². The van der Waals surface area contributed by atoms with Crippen LogP contribution in [-0.4, -0.2) is 23.6 Å². The summed E-state index contributed by atoms with van der Waals surface area (Å²) in [6.07, 6.45) is 12.9. The molecule has 0 unspecified atom stereocenters. The summed E-state index contributed by atoms with van der Waals surface area (Å²) in [6.45, 7) is 0. The van der Waals surface area contributed by atoms with Crippen LogP contribution < -0.4 is 17.5 Å². The van der Waals surface area contributed by atoms with E-state index in [1.54, 1.807) is 72.9 Å². The Morgan fingerprint density at radius 2 is 0.755 bits per heavy atom. The topological polar surface area (TPSA) is 74.8 Å². The average Bonchev–Trinajstić information content (AvgIpc) is 3.92. The molecule has 0 aromatic heterocycles. The van der Waals surface area contributed by atoms with Crippen LogP contribution in [0.5, 0.6) is 0 Å². The molecule has 0 atom stereocenters. The predicted molar refractivity (Wildman–Crippen MR) is 171 cm³/mol. The van der Waals surface area contributed by atoms with Gasteiger partial charge < -0.3 is 0 Å². The van der Waals surface area contributed by atoms with Gasteiger partial charge in [-0.05, 0) is 0 Å². The van der Waals surface area contributed by atoms with Crippen LogP contribution in [-0.2, 0) is 16.6 Å². The molecule has 0 N–H and O–H groups in total. The van der Waals surface area contributed by atoms with Crippen LogP contribution in [0.2, 0.25) is 8.45 Å². The van der Waals surface area contributed by atoms with Crippen LogP contribution in [0.4, 0.5) is 28.9 Å². The molecular formula is C38H22F4N2O4Ti. The molecule has 11 heteroatoms. The Bertz CT molecular complexity index is 2060. The molecule has 240 valence electrons. The zero-order chi connectivity index (χ0) is 34.2. The summed E-state index contributed by atoms with van der Waals surface area (Å²) in [6, 6.07) is 15.6. The van der Waals surface area contributed by atoms with Crippen molar-refractivity contribution >= 4 is 42.7 Å². The quantitative estimate of drug-likeness (QED) is 0.127. The number of anilines is 2. The zero-order valence-electron chi connectivity index (χ0n) is 25.2.